The van der Waals surface area contributed by atoms with Gasteiger partial charge in [0.05, 0.1) is 11.1 Å². The Morgan fingerprint density at radius 3 is 2.47 bits per heavy atom. The molecule has 4 nitrogen and oxygen atoms in total. The van der Waals surface area contributed by atoms with Gasteiger partial charge in [0.25, 0.3) is 0 Å². The number of rotatable bonds is 5. The van der Waals surface area contributed by atoms with Gasteiger partial charge in [0.1, 0.15) is 11.6 Å². The van der Waals surface area contributed by atoms with Crippen molar-refractivity contribution >= 4 is 16.5 Å². The first-order chi connectivity index (χ1) is 16.3. The summed E-state index contributed by atoms with van der Waals surface area (Å²) in [6.07, 6.45) is 4.04. The highest BCUT2D eigenvalue weighted by atomic mass is 19.4. The molecule has 2 aromatic heterocycles. The van der Waals surface area contributed by atoms with Crippen LogP contribution < -0.4 is 0 Å². The number of hydrogen-bond acceptors (Lipinski definition) is 2. The number of aryl methyl sites for hydroxylation is 1. The fourth-order valence-corrected chi connectivity index (χ4v) is 4.53. The maximum Gasteiger partial charge on any atom is 0.416 e. The van der Waals surface area contributed by atoms with Crippen molar-refractivity contribution in [3.63, 3.8) is 0 Å². The third-order valence-electron chi connectivity index (χ3n) is 6.46. The van der Waals surface area contributed by atoms with E-state index in [1.807, 2.05) is 23.9 Å². The Balaban J connectivity index is 1.47. The lowest BCUT2D eigenvalue weighted by Crippen LogP contribution is -2.31. The summed E-state index contributed by atoms with van der Waals surface area (Å²) < 4.78 is 57.8. The highest BCUT2D eigenvalue weighted by molar-refractivity contribution is 5.95. The van der Waals surface area contributed by atoms with Crippen molar-refractivity contribution in [1.82, 2.24) is 19.0 Å². The summed E-state index contributed by atoms with van der Waals surface area (Å²) in [5, 5.41) is 0.549. The highest BCUT2D eigenvalue weighted by Crippen LogP contribution is 2.37. The molecule has 0 radical (unpaired) electrons. The second kappa shape index (κ2) is 8.76. The minimum absolute atomic E-state index is 0.360. The fraction of sp³-hybridized carbons (Fsp3) is 0.269. The van der Waals surface area contributed by atoms with Gasteiger partial charge in [0.2, 0.25) is 0 Å². The molecule has 0 aliphatic carbocycles. The monoisotopic (exact) mass is 468 g/mol. The number of imidazole rings is 1. The first kappa shape index (κ1) is 22.4. The molecule has 5 rings (SSSR count). The molecule has 176 valence electrons. The van der Waals surface area contributed by atoms with Gasteiger partial charge in [-0.05, 0) is 61.4 Å². The van der Waals surface area contributed by atoms with E-state index in [4.69, 9.17) is 0 Å². The highest BCUT2D eigenvalue weighted by Gasteiger charge is 2.31. The lowest BCUT2D eigenvalue weighted by atomic mass is 9.98. The summed E-state index contributed by atoms with van der Waals surface area (Å²) >= 11 is 0. The molecule has 3 heterocycles. The number of fused-ring (bicyclic) bond motifs is 1. The normalized spacial score (nSPS) is 15.1. The Morgan fingerprint density at radius 2 is 1.82 bits per heavy atom. The summed E-state index contributed by atoms with van der Waals surface area (Å²) in [6, 6.07) is 9.78. The van der Waals surface area contributed by atoms with Gasteiger partial charge in [-0.15, -0.1) is 0 Å². The van der Waals surface area contributed by atoms with Crippen LogP contribution in [0, 0.1) is 12.7 Å². The van der Waals surface area contributed by atoms with Crippen molar-refractivity contribution in [2.24, 2.45) is 0 Å². The molecule has 0 atom stereocenters. The molecule has 0 amide bonds. The Hall–Kier alpha value is -3.39. The van der Waals surface area contributed by atoms with Crippen LogP contribution in [-0.2, 0) is 12.7 Å². The number of aromatic nitrogens is 3. The van der Waals surface area contributed by atoms with E-state index in [2.05, 4.69) is 20.5 Å². The zero-order valence-electron chi connectivity index (χ0n) is 18.7. The van der Waals surface area contributed by atoms with Crippen molar-refractivity contribution < 1.29 is 17.6 Å². The molecule has 0 saturated heterocycles. The number of benzene rings is 2. The van der Waals surface area contributed by atoms with Crippen LogP contribution in [0.5, 0.6) is 0 Å². The number of hydrogen-bond donors (Lipinski definition) is 0. The number of alkyl halides is 3. The van der Waals surface area contributed by atoms with E-state index in [1.54, 1.807) is 18.3 Å². The van der Waals surface area contributed by atoms with E-state index in [0.29, 0.717) is 16.6 Å². The maximum absolute atomic E-state index is 13.5. The zero-order chi connectivity index (χ0) is 23.9. The standard InChI is InChI=1S/C26H24F4N4/c1-18-31-10-13-33(18)15-14-32-11-8-19(9-12-32)24-17-34(22-5-3-21(27)4-6-22)25-7-2-20(16-23(24)25)26(28,29)30/h2-8,10,13,16-17H,9,11-12,14-15H2,1H3. The van der Waals surface area contributed by atoms with Crippen LogP contribution >= 0.6 is 0 Å². The third-order valence-corrected chi connectivity index (χ3v) is 6.46. The van der Waals surface area contributed by atoms with Gasteiger partial charge in [-0.2, -0.15) is 13.2 Å². The number of halogens is 4. The summed E-state index contributed by atoms with van der Waals surface area (Å²) in [5.74, 6) is 0.614. The van der Waals surface area contributed by atoms with Crippen LogP contribution in [0.4, 0.5) is 17.6 Å². The van der Waals surface area contributed by atoms with E-state index in [0.717, 1.165) is 55.6 Å². The summed E-state index contributed by atoms with van der Waals surface area (Å²) in [4.78, 5) is 6.57. The third kappa shape index (κ3) is 4.37. The van der Waals surface area contributed by atoms with Crippen molar-refractivity contribution in [3.05, 3.63) is 89.9 Å². The minimum Gasteiger partial charge on any atom is -0.334 e. The molecule has 1 aliphatic heterocycles. The average Bonchev–Trinajstić information content (AvgIpc) is 3.41. The predicted octanol–water partition coefficient (Wildman–Crippen LogP) is 6.08. The van der Waals surface area contributed by atoms with E-state index < -0.39 is 11.7 Å². The fourth-order valence-electron chi connectivity index (χ4n) is 4.53. The molecule has 4 aromatic rings. The quantitative estimate of drug-likeness (QED) is 0.332. The van der Waals surface area contributed by atoms with Gasteiger partial charge < -0.3 is 9.13 Å². The van der Waals surface area contributed by atoms with Crippen molar-refractivity contribution in [2.45, 2.75) is 26.1 Å². The minimum atomic E-state index is -4.42. The lowest BCUT2D eigenvalue weighted by molar-refractivity contribution is -0.137. The SMILES string of the molecule is Cc1nccn1CCN1CC=C(c2cn(-c3ccc(F)cc3)c3ccc(C(F)(F)F)cc23)CC1. The van der Waals surface area contributed by atoms with Crippen molar-refractivity contribution in [1.29, 1.82) is 0 Å². The molecule has 8 heteroatoms. The van der Waals surface area contributed by atoms with E-state index in [1.165, 1.54) is 24.3 Å². The molecule has 0 N–H and O–H groups in total. The van der Waals surface area contributed by atoms with Gasteiger partial charge in [0, 0.05) is 61.4 Å². The van der Waals surface area contributed by atoms with Gasteiger partial charge in [-0.25, -0.2) is 9.37 Å². The molecular formula is C26H24F4N4. The van der Waals surface area contributed by atoms with Crippen molar-refractivity contribution in [3.8, 4) is 5.69 Å². The van der Waals surface area contributed by atoms with Crippen LogP contribution in [0.3, 0.4) is 0 Å². The molecule has 0 unspecified atom stereocenters. The van der Waals surface area contributed by atoms with Crippen LogP contribution in [0.1, 0.15) is 23.4 Å². The molecule has 2 aromatic carbocycles. The summed E-state index contributed by atoms with van der Waals surface area (Å²) in [7, 11) is 0. The Kier molecular flexibility index (Phi) is 5.77. The van der Waals surface area contributed by atoms with Gasteiger partial charge in [-0.3, -0.25) is 4.90 Å². The molecule has 1 aliphatic rings. The Labute approximate surface area is 194 Å². The van der Waals surface area contributed by atoms with E-state index in [-0.39, 0.29) is 5.82 Å². The van der Waals surface area contributed by atoms with Crippen LogP contribution in [-0.4, -0.2) is 38.7 Å². The lowest BCUT2D eigenvalue weighted by Gasteiger charge is -2.26. The van der Waals surface area contributed by atoms with Gasteiger partial charge in [-0.1, -0.05) is 6.08 Å². The first-order valence-electron chi connectivity index (χ1n) is 11.2. The van der Waals surface area contributed by atoms with Gasteiger partial charge >= 0.3 is 6.18 Å². The molecular weight excluding hydrogens is 444 g/mol. The average molecular weight is 468 g/mol. The smallest absolute Gasteiger partial charge is 0.334 e. The van der Waals surface area contributed by atoms with Crippen LogP contribution in [0.15, 0.2) is 67.1 Å². The topological polar surface area (TPSA) is 26.0 Å². The molecule has 0 fully saturated rings. The van der Waals surface area contributed by atoms with E-state index >= 15 is 0 Å². The zero-order valence-corrected chi connectivity index (χ0v) is 18.7. The molecule has 34 heavy (non-hydrogen) atoms. The first-order valence-corrected chi connectivity index (χ1v) is 11.2. The Bertz CT molecular complexity index is 1350. The molecule has 0 spiro atoms. The molecule has 0 bridgehead atoms. The summed E-state index contributed by atoms with van der Waals surface area (Å²) in [6.45, 7) is 5.23. The second-order valence-electron chi connectivity index (χ2n) is 8.57. The number of nitrogens with zero attached hydrogens (tertiary/aromatic N) is 4. The second-order valence-corrected chi connectivity index (χ2v) is 8.57. The van der Waals surface area contributed by atoms with Gasteiger partial charge in [0.15, 0.2) is 0 Å². The van der Waals surface area contributed by atoms with Crippen LogP contribution in [0.25, 0.3) is 22.2 Å². The van der Waals surface area contributed by atoms with E-state index in [9.17, 15) is 17.6 Å². The maximum atomic E-state index is 13.5. The Morgan fingerprint density at radius 1 is 1.03 bits per heavy atom. The largest absolute Gasteiger partial charge is 0.416 e. The predicted molar refractivity (Wildman–Crippen MR) is 124 cm³/mol. The summed E-state index contributed by atoms with van der Waals surface area (Å²) in [5.41, 5.74) is 2.50. The van der Waals surface area contributed by atoms with Crippen LogP contribution in [0.2, 0.25) is 0 Å². The van der Waals surface area contributed by atoms with Crippen molar-refractivity contribution in [2.75, 3.05) is 19.6 Å². The molecule has 0 saturated carbocycles.